The molecular formula is C15H23N3O5S2. The zero-order valence-corrected chi connectivity index (χ0v) is 15.9. The van der Waals surface area contributed by atoms with Gasteiger partial charge >= 0.3 is 0 Å². The summed E-state index contributed by atoms with van der Waals surface area (Å²) >= 11 is 0. The van der Waals surface area contributed by atoms with Crippen molar-refractivity contribution in [2.75, 3.05) is 19.6 Å². The minimum Gasteiger partial charge on any atom is -0.342 e. The predicted octanol–water partition coefficient (Wildman–Crippen LogP) is 0.274. The van der Waals surface area contributed by atoms with Crippen molar-refractivity contribution in [2.24, 2.45) is 0 Å². The average molecular weight is 389 g/mol. The van der Waals surface area contributed by atoms with Gasteiger partial charge in [-0.15, -0.1) is 0 Å². The summed E-state index contributed by atoms with van der Waals surface area (Å²) in [6.07, 6.45) is 1.63. The van der Waals surface area contributed by atoms with Crippen LogP contribution in [0.3, 0.4) is 0 Å². The molecule has 1 amide bonds. The van der Waals surface area contributed by atoms with E-state index in [0.717, 1.165) is 12.8 Å². The number of benzene rings is 1. The smallest absolute Gasteiger partial charge is 0.241 e. The van der Waals surface area contributed by atoms with Crippen LogP contribution in [0.25, 0.3) is 0 Å². The number of nitrogens with one attached hydrogen (secondary N) is 2. The summed E-state index contributed by atoms with van der Waals surface area (Å²) in [5, 5.41) is 0. The Morgan fingerprint density at radius 3 is 1.92 bits per heavy atom. The molecule has 1 aromatic rings. The van der Waals surface area contributed by atoms with E-state index >= 15 is 0 Å². The van der Waals surface area contributed by atoms with E-state index in [2.05, 4.69) is 9.44 Å². The van der Waals surface area contributed by atoms with Crippen molar-refractivity contribution in [3.63, 3.8) is 0 Å². The average Bonchev–Trinajstić information content (AvgIpc) is 3.37. The van der Waals surface area contributed by atoms with E-state index in [-0.39, 0.29) is 28.3 Å². The van der Waals surface area contributed by atoms with Gasteiger partial charge < -0.3 is 4.90 Å². The van der Waals surface area contributed by atoms with Gasteiger partial charge in [0.15, 0.2) is 0 Å². The Labute approximate surface area is 148 Å². The highest BCUT2D eigenvalue weighted by Gasteiger charge is 2.28. The van der Waals surface area contributed by atoms with Crippen LogP contribution in [0.1, 0.15) is 26.7 Å². The van der Waals surface area contributed by atoms with Crippen molar-refractivity contribution >= 4 is 26.0 Å². The molecule has 0 heterocycles. The molecule has 1 aliphatic carbocycles. The Morgan fingerprint density at radius 1 is 1.00 bits per heavy atom. The number of carbonyl (C=O) groups excluding carboxylic acids is 1. The molecule has 0 radical (unpaired) electrons. The first-order valence-corrected chi connectivity index (χ1v) is 11.1. The summed E-state index contributed by atoms with van der Waals surface area (Å²) in [5.41, 5.74) is 0. The minimum absolute atomic E-state index is 0.0116. The van der Waals surface area contributed by atoms with E-state index < -0.39 is 20.0 Å². The molecule has 0 unspecified atom stereocenters. The lowest BCUT2D eigenvalue weighted by molar-refractivity contribution is -0.129. The van der Waals surface area contributed by atoms with Gasteiger partial charge in [-0.25, -0.2) is 26.3 Å². The summed E-state index contributed by atoms with van der Waals surface area (Å²) in [7, 11) is -7.52. The van der Waals surface area contributed by atoms with Gasteiger partial charge in [0.2, 0.25) is 26.0 Å². The van der Waals surface area contributed by atoms with Gasteiger partial charge in [0.25, 0.3) is 0 Å². The molecule has 10 heteroatoms. The number of sulfonamides is 2. The van der Waals surface area contributed by atoms with E-state index in [0.29, 0.717) is 13.1 Å². The number of amides is 1. The summed E-state index contributed by atoms with van der Waals surface area (Å²) in [5.74, 6) is -0.318. The molecule has 2 rings (SSSR count). The molecule has 25 heavy (non-hydrogen) atoms. The fourth-order valence-corrected chi connectivity index (χ4v) is 4.49. The molecule has 0 spiro atoms. The summed E-state index contributed by atoms with van der Waals surface area (Å²) in [6, 6.07) is 4.88. The zero-order valence-electron chi connectivity index (χ0n) is 14.2. The van der Waals surface area contributed by atoms with Gasteiger partial charge in [0.05, 0.1) is 16.3 Å². The molecule has 1 fully saturated rings. The number of hydrogen-bond donors (Lipinski definition) is 2. The van der Waals surface area contributed by atoms with E-state index in [1.54, 1.807) is 0 Å². The highest BCUT2D eigenvalue weighted by molar-refractivity contribution is 7.90. The summed E-state index contributed by atoms with van der Waals surface area (Å²) in [6.45, 7) is 4.28. The molecule has 8 nitrogen and oxygen atoms in total. The molecule has 1 aliphatic rings. The summed E-state index contributed by atoms with van der Waals surface area (Å²) < 4.78 is 53.4. The normalized spacial score (nSPS) is 15.1. The Hall–Kier alpha value is -1.49. The second-order valence-corrected chi connectivity index (χ2v) is 9.24. The second kappa shape index (κ2) is 7.81. The molecule has 0 aliphatic heterocycles. The van der Waals surface area contributed by atoms with Crippen molar-refractivity contribution < 1.29 is 21.6 Å². The fraction of sp³-hybridized carbons (Fsp3) is 0.533. The third-order valence-electron chi connectivity index (χ3n) is 3.87. The van der Waals surface area contributed by atoms with Crippen LogP contribution in [-0.4, -0.2) is 53.3 Å². The second-order valence-electron chi connectivity index (χ2n) is 5.76. The molecule has 2 N–H and O–H groups in total. The van der Waals surface area contributed by atoms with Gasteiger partial charge in [-0.3, -0.25) is 4.79 Å². The van der Waals surface area contributed by atoms with Gasteiger partial charge in [-0.05, 0) is 51.0 Å². The number of rotatable bonds is 9. The van der Waals surface area contributed by atoms with Crippen LogP contribution in [0.15, 0.2) is 34.1 Å². The molecule has 0 saturated heterocycles. The molecular weight excluding hydrogens is 366 g/mol. The SMILES string of the molecule is CCN(CC)C(=O)CNS(=O)(=O)c1ccc(S(=O)(=O)NC2CC2)cc1. The first-order valence-electron chi connectivity index (χ1n) is 8.09. The zero-order chi connectivity index (χ0) is 18.7. The van der Waals surface area contributed by atoms with E-state index in [1.165, 1.54) is 29.2 Å². The monoisotopic (exact) mass is 389 g/mol. The molecule has 0 aromatic heterocycles. The van der Waals surface area contributed by atoms with Crippen molar-refractivity contribution in [2.45, 2.75) is 42.5 Å². The van der Waals surface area contributed by atoms with Crippen LogP contribution in [0, 0.1) is 0 Å². The van der Waals surface area contributed by atoms with Gasteiger partial charge in [0.1, 0.15) is 0 Å². The number of nitrogens with zero attached hydrogens (tertiary/aromatic N) is 1. The number of likely N-dealkylation sites (N-methyl/N-ethyl adjacent to an activating group) is 1. The number of hydrogen-bond acceptors (Lipinski definition) is 5. The highest BCUT2D eigenvalue weighted by atomic mass is 32.2. The van der Waals surface area contributed by atoms with Crippen molar-refractivity contribution in [3.05, 3.63) is 24.3 Å². The van der Waals surface area contributed by atoms with Crippen LogP contribution >= 0.6 is 0 Å². The Kier molecular flexibility index (Phi) is 6.20. The van der Waals surface area contributed by atoms with Crippen molar-refractivity contribution in [3.8, 4) is 0 Å². The quantitative estimate of drug-likeness (QED) is 0.630. The van der Waals surface area contributed by atoms with Crippen LogP contribution in [0.2, 0.25) is 0 Å². The maximum absolute atomic E-state index is 12.2. The molecule has 0 bridgehead atoms. The molecule has 140 valence electrons. The largest absolute Gasteiger partial charge is 0.342 e. The third-order valence-corrected chi connectivity index (χ3v) is 6.83. The van der Waals surface area contributed by atoms with Gasteiger partial charge in [0, 0.05) is 19.1 Å². The lowest BCUT2D eigenvalue weighted by Crippen LogP contribution is -2.39. The highest BCUT2D eigenvalue weighted by Crippen LogP contribution is 2.22. The van der Waals surface area contributed by atoms with Gasteiger partial charge in [-0.2, -0.15) is 0 Å². The Morgan fingerprint density at radius 2 is 1.48 bits per heavy atom. The van der Waals surface area contributed by atoms with Crippen LogP contribution < -0.4 is 9.44 Å². The first kappa shape index (κ1) is 19.8. The lowest BCUT2D eigenvalue weighted by Gasteiger charge is -2.18. The van der Waals surface area contributed by atoms with E-state index in [9.17, 15) is 21.6 Å². The Bertz CT molecular complexity index is 811. The maximum atomic E-state index is 12.2. The van der Waals surface area contributed by atoms with Gasteiger partial charge in [-0.1, -0.05) is 0 Å². The third kappa shape index (κ3) is 5.24. The van der Waals surface area contributed by atoms with Crippen LogP contribution in [0.4, 0.5) is 0 Å². The molecule has 1 aromatic carbocycles. The topological polar surface area (TPSA) is 113 Å². The number of carbonyl (C=O) groups is 1. The van der Waals surface area contributed by atoms with Crippen molar-refractivity contribution in [1.82, 2.24) is 14.3 Å². The molecule has 0 atom stereocenters. The Balaban J connectivity index is 2.05. The van der Waals surface area contributed by atoms with Crippen molar-refractivity contribution in [1.29, 1.82) is 0 Å². The first-order chi connectivity index (χ1) is 11.7. The minimum atomic E-state index is -3.89. The van der Waals surface area contributed by atoms with E-state index in [4.69, 9.17) is 0 Å². The van der Waals surface area contributed by atoms with E-state index in [1.807, 2.05) is 13.8 Å². The maximum Gasteiger partial charge on any atom is 0.241 e. The molecule has 1 saturated carbocycles. The standard InChI is InChI=1S/C15H23N3O5S2/c1-3-18(4-2)15(19)11-16-24(20,21)13-7-9-14(10-8-13)25(22,23)17-12-5-6-12/h7-10,12,16-17H,3-6,11H2,1-2H3. The van der Waals surface area contributed by atoms with Crippen LogP contribution in [0.5, 0.6) is 0 Å². The van der Waals surface area contributed by atoms with Crippen LogP contribution in [-0.2, 0) is 24.8 Å². The lowest BCUT2D eigenvalue weighted by atomic mass is 10.4. The summed E-state index contributed by atoms with van der Waals surface area (Å²) in [4.78, 5) is 13.3. The predicted molar refractivity (Wildman–Crippen MR) is 92.9 cm³/mol. The fourth-order valence-electron chi connectivity index (χ4n) is 2.21.